The monoisotopic (exact) mass is 522 g/mol. The maximum atomic E-state index is 13.7. The average molecular weight is 523 g/mol. The molecule has 2 atom stereocenters. The van der Waals surface area contributed by atoms with E-state index in [9.17, 15) is 14.4 Å². The molecule has 1 aliphatic heterocycles. The van der Waals surface area contributed by atoms with Crippen LogP contribution < -0.4 is 5.32 Å². The van der Waals surface area contributed by atoms with Gasteiger partial charge in [0, 0.05) is 24.4 Å². The van der Waals surface area contributed by atoms with Gasteiger partial charge in [0.25, 0.3) is 0 Å². The van der Waals surface area contributed by atoms with E-state index in [1.54, 1.807) is 11.3 Å². The normalized spacial score (nSPS) is 16.9. The summed E-state index contributed by atoms with van der Waals surface area (Å²) in [5, 5.41) is 7.08. The molecule has 9 heteroatoms. The minimum absolute atomic E-state index is 0.00955. The van der Waals surface area contributed by atoms with Gasteiger partial charge in [0.1, 0.15) is 17.7 Å². The van der Waals surface area contributed by atoms with E-state index in [1.807, 2.05) is 77.4 Å². The van der Waals surface area contributed by atoms with Gasteiger partial charge in [0.2, 0.25) is 11.8 Å². The second-order valence-electron chi connectivity index (χ2n) is 11.0. The second-order valence-corrected chi connectivity index (χ2v) is 11.8. The van der Waals surface area contributed by atoms with E-state index in [0.717, 1.165) is 27.4 Å². The molecular formula is C28H34N4O4S. The van der Waals surface area contributed by atoms with Crippen molar-refractivity contribution in [2.75, 3.05) is 6.54 Å². The van der Waals surface area contributed by atoms with Crippen LogP contribution in [0, 0.1) is 12.8 Å². The zero-order valence-electron chi connectivity index (χ0n) is 22.2. The lowest BCUT2D eigenvalue weighted by Gasteiger charge is -2.28. The van der Waals surface area contributed by atoms with Gasteiger partial charge >= 0.3 is 0 Å². The van der Waals surface area contributed by atoms with Crippen LogP contribution in [0.2, 0.25) is 0 Å². The molecule has 1 N–H and O–H groups in total. The quantitative estimate of drug-likeness (QED) is 0.485. The second kappa shape index (κ2) is 10.6. The fourth-order valence-electron chi connectivity index (χ4n) is 4.52. The zero-order chi connectivity index (χ0) is 26.9. The number of nitrogens with one attached hydrogen (secondary N) is 1. The molecule has 1 aromatic carbocycles. The van der Waals surface area contributed by atoms with Crippen molar-refractivity contribution in [3.63, 3.8) is 0 Å². The number of thiazole rings is 1. The molecule has 0 bridgehead atoms. The molecule has 2 aromatic heterocycles. The Morgan fingerprint density at radius 3 is 2.49 bits per heavy atom. The number of amides is 2. The highest BCUT2D eigenvalue weighted by atomic mass is 32.1. The maximum Gasteiger partial charge on any atom is 0.243 e. The largest absolute Gasteiger partial charge is 0.360 e. The highest BCUT2D eigenvalue weighted by Crippen LogP contribution is 2.33. The van der Waals surface area contributed by atoms with Gasteiger partial charge < -0.3 is 14.7 Å². The van der Waals surface area contributed by atoms with Crippen molar-refractivity contribution < 1.29 is 18.9 Å². The molecule has 0 spiro atoms. The first kappa shape index (κ1) is 26.7. The Labute approximate surface area is 221 Å². The van der Waals surface area contributed by atoms with Crippen molar-refractivity contribution in [3.05, 3.63) is 58.6 Å². The zero-order valence-corrected chi connectivity index (χ0v) is 23.0. The fourth-order valence-corrected chi connectivity index (χ4v) is 5.33. The van der Waals surface area contributed by atoms with E-state index in [0.29, 0.717) is 12.3 Å². The molecule has 0 saturated carbocycles. The van der Waals surface area contributed by atoms with Crippen LogP contribution in [0.1, 0.15) is 69.7 Å². The van der Waals surface area contributed by atoms with Crippen molar-refractivity contribution in [1.29, 1.82) is 0 Å². The number of benzene rings is 1. The number of rotatable bonds is 7. The summed E-state index contributed by atoms with van der Waals surface area (Å²) in [6.45, 7) is 12.1. The average Bonchev–Trinajstić information content (AvgIpc) is 3.57. The third kappa shape index (κ3) is 5.82. The SMILES string of the molecule is Cc1ncsc1-c1ccc(CNC(=O)C2CC(=O)CN2C(=O)C(c2cc(C(C)(C)C)no2)C(C)C)cc1. The minimum atomic E-state index is -0.842. The predicted octanol–water partition coefficient (Wildman–Crippen LogP) is 4.63. The molecule has 1 fully saturated rings. The van der Waals surface area contributed by atoms with Gasteiger partial charge in [-0.2, -0.15) is 0 Å². The lowest BCUT2D eigenvalue weighted by Crippen LogP contribution is -2.47. The third-order valence-electron chi connectivity index (χ3n) is 6.69. The van der Waals surface area contributed by atoms with E-state index < -0.39 is 12.0 Å². The van der Waals surface area contributed by atoms with Crippen LogP contribution >= 0.6 is 11.3 Å². The molecular weight excluding hydrogens is 488 g/mol. The number of ketones is 1. The van der Waals surface area contributed by atoms with Gasteiger partial charge in [-0.25, -0.2) is 4.98 Å². The molecule has 0 aliphatic carbocycles. The molecule has 4 rings (SSSR count). The molecule has 1 saturated heterocycles. The predicted molar refractivity (Wildman–Crippen MR) is 142 cm³/mol. The van der Waals surface area contributed by atoms with Crippen molar-refractivity contribution >= 4 is 28.9 Å². The molecule has 3 heterocycles. The summed E-state index contributed by atoms with van der Waals surface area (Å²) < 4.78 is 5.58. The number of likely N-dealkylation sites (tertiary alicyclic amines) is 1. The van der Waals surface area contributed by atoms with Crippen LogP contribution in [0.3, 0.4) is 0 Å². The van der Waals surface area contributed by atoms with E-state index in [4.69, 9.17) is 4.52 Å². The van der Waals surface area contributed by atoms with Gasteiger partial charge in [0.15, 0.2) is 5.78 Å². The van der Waals surface area contributed by atoms with Gasteiger partial charge in [-0.05, 0) is 24.0 Å². The number of hydrogen-bond donors (Lipinski definition) is 1. The summed E-state index contributed by atoms with van der Waals surface area (Å²) in [6, 6.07) is 8.91. The lowest BCUT2D eigenvalue weighted by molar-refractivity contribution is -0.141. The summed E-state index contributed by atoms with van der Waals surface area (Å²) in [6.07, 6.45) is 0.00955. The van der Waals surface area contributed by atoms with E-state index in [1.165, 1.54) is 4.90 Å². The van der Waals surface area contributed by atoms with E-state index in [2.05, 4.69) is 15.5 Å². The van der Waals surface area contributed by atoms with Gasteiger partial charge in [-0.3, -0.25) is 14.4 Å². The summed E-state index contributed by atoms with van der Waals surface area (Å²) in [5.41, 5.74) is 5.35. The van der Waals surface area contributed by atoms with Gasteiger partial charge in [-0.15, -0.1) is 11.3 Å². The standard InChI is InChI=1S/C28H34N4O4S/c1-16(2)24(22-12-23(31-36-22)28(4,5)6)27(35)32-14-20(33)11-21(32)26(34)29-13-18-7-9-19(10-8-18)25-17(3)30-15-37-25/h7-10,12,15-16,21,24H,11,13-14H2,1-6H3,(H,29,34). The number of aromatic nitrogens is 2. The first-order chi connectivity index (χ1) is 17.5. The number of hydrogen-bond acceptors (Lipinski definition) is 7. The Balaban J connectivity index is 1.45. The van der Waals surface area contributed by atoms with Crippen LogP contribution in [0.5, 0.6) is 0 Å². The van der Waals surface area contributed by atoms with E-state index in [-0.39, 0.29) is 41.9 Å². The molecule has 2 unspecified atom stereocenters. The maximum absolute atomic E-state index is 13.7. The van der Waals surface area contributed by atoms with Crippen molar-refractivity contribution in [3.8, 4) is 10.4 Å². The topological polar surface area (TPSA) is 105 Å². The number of carbonyl (C=O) groups is 3. The minimum Gasteiger partial charge on any atom is -0.360 e. The molecule has 37 heavy (non-hydrogen) atoms. The molecule has 2 amide bonds. The van der Waals surface area contributed by atoms with Gasteiger partial charge in [0.05, 0.1) is 28.3 Å². The van der Waals surface area contributed by atoms with Crippen molar-refractivity contribution in [2.24, 2.45) is 5.92 Å². The summed E-state index contributed by atoms with van der Waals surface area (Å²) in [4.78, 5) is 46.0. The van der Waals surface area contributed by atoms with Crippen LogP contribution in [-0.4, -0.2) is 45.2 Å². The Hall–Kier alpha value is -3.33. The van der Waals surface area contributed by atoms with Crippen molar-refractivity contribution in [2.45, 2.75) is 71.9 Å². The number of Topliss-reactive ketones (excluding diaryl/α,β-unsaturated/α-hetero) is 1. The molecule has 3 aromatic rings. The first-order valence-corrected chi connectivity index (χ1v) is 13.4. The third-order valence-corrected chi connectivity index (χ3v) is 7.67. The first-order valence-electron chi connectivity index (χ1n) is 12.5. The Morgan fingerprint density at radius 2 is 1.92 bits per heavy atom. The summed E-state index contributed by atoms with van der Waals surface area (Å²) >= 11 is 1.59. The molecule has 1 aliphatic rings. The number of nitrogens with zero attached hydrogens (tertiary/aromatic N) is 3. The summed E-state index contributed by atoms with van der Waals surface area (Å²) in [7, 11) is 0. The Bertz CT molecular complexity index is 1290. The van der Waals surface area contributed by atoms with Crippen LogP contribution in [0.4, 0.5) is 0 Å². The lowest BCUT2D eigenvalue weighted by atomic mass is 9.88. The molecule has 0 radical (unpaired) electrons. The van der Waals surface area contributed by atoms with Crippen LogP contribution in [-0.2, 0) is 26.3 Å². The fraction of sp³-hybridized carbons (Fsp3) is 0.464. The smallest absolute Gasteiger partial charge is 0.243 e. The number of carbonyl (C=O) groups excluding carboxylic acids is 3. The highest BCUT2D eigenvalue weighted by molar-refractivity contribution is 7.13. The van der Waals surface area contributed by atoms with E-state index >= 15 is 0 Å². The Morgan fingerprint density at radius 1 is 1.22 bits per heavy atom. The Kier molecular flexibility index (Phi) is 7.64. The van der Waals surface area contributed by atoms with Crippen LogP contribution in [0.25, 0.3) is 10.4 Å². The number of aryl methyl sites for hydroxylation is 1. The molecule has 196 valence electrons. The van der Waals surface area contributed by atoms with Crippen LogP contribution in [0.15, 0.2) is 40.4 Å². The molecule has 8 nitrogen and oxygen atoms in total. The van der Waals surface area contributed by atoms with Gasteiger partial charge in [-0.1, -0.05) is 64.0 Å². The highest BCUT2D eigenvalue weighted by Gasteiger charge is 2.43. The summed E-state index contributed by atoms with van der Waals surface area (Å²) in [5.74, 6) is -1.03. The van der Waals surface area contributed by atoms with Crippen molar-refractivity contribution in [1.82, 2.24) is 20.4 Å².